The molecule has 2 rings (SSSR count). The molecule has 0 radical (unpaired) electrons. The van der Waals surface area contributed by atoms with Crippen LogP contribution >= 0.6 is 12.0 Å². The van der Waals surface area contributed by atoms with Gasteiger partial charge in [-0.05, 0) is 29.3 Å². The van der Waals surface area contributed by atoms with E-state index < -0.39 is 29.3 Å². The molecule has 0 aliphatic heterocycles. The Labute approximate surface area is 146 Å². The molecule has 0 aliphatic rings. The van der Waals surface area contributed by atoms with Crippen molar-refractivity contribution in [1.82, 2.24) is 0 Å². The third-order valence-electron chi connectivity index (χ3n) is 2.86. The van der Waals surface area contributed by atoms with E-state index in [1.807, 2.05) is 30.3 Å². The molecular weight excluding hydrogens is 357 g/mol. The molecule has 0 saturated carbocycles. The average molecular weight is 370 g/mol. The molecule has 0 bridgehead atoms. The van der Waals surface area contributed by atoms with Gasteiger partial charge < -0.3 is 14.0 Å². The van der Waals surface area contributed by atoms with Crippen LogP contribution in [0.25, 0.3) is 6.08 Å². The van der Waals surface area contributed by atoms with Crippen molar-refractivity contribution in [2.24, 2.45) is 0 Å². The van der Waals surface area contributed by atoms with Gasteiger partial charge >= 0.3 is 11.5 Å². The summed E-state index contributed by atoms with van der Waals surface area (Å²) in [5, 5.41) is 8.90. The lowest BCUT2D eigenvalue weighted by atomic mass is 10.2. The van der Waals surface area contributed by atoms with Crippen molar-refractivity contribution in [1.29, 1.82) is 0 Å². The summed E-state index contributed by atoms with van der Waals surface area (Å²) in [6.45, 7) is 0.363. The Morgan fingerprint density at radius 1 is 1.08 bits per heavy atom. The second-order valence-corrected chi connectivity index (χ2v) is 5.57. The Bertz CT molecular complexity index is 728. The SMILES string of the molecule is O=C(O)/C(=C/c1ccc(OCc2ccccc2)cc1)OSC(F)(F)F. The molecule has 0 fully saturated rings. The van der Waals surface area contributed by atoms with E-state index in [1.165, 1.54) is 12.1 Å². The van der Waals surface area contributed by atoms with Gasteiger partial charge in [-0.25, -0.2) is 4.79 Å². The first kappa shape index (κ1) is 18.7. The highest BCUT2D eigenvalue weighted by Crippen LogP contribution is 2.33. The summed E-state index contributed by atoms with van der Waals surface area (Å²) >= 11 is -0.876. The predicted octanol–water partition coefficient (Wildman–Crippen LogP) is 4.88. The van der Waals surface area contributed by atoms with Crippen LogP contribution in [0.3, 0.4) is 0 Å². The van der Waals surface area contributed by atoms with E-state index in [0.29, 0.717) is 17.9 Å². The van der Waals surface area contributed by atoms with Crippen LogP contribution in [0.1, 0.15) is 11.1 Å². The molecule has 4 nitrogen and oxygen atoms in total. The topological polar surface area (TPSA) is 55.8 Å². The highest BCUT2D eigenvalue weighted by molar-refractivity contribution is 7.95. The van der Waals surface area contributed by atoms with Crippen molar-refractivity contribution in [3.05, 3.63) is 71.5 Å². The normalized spacial score (nSPS) is 11.9. The minimum Gasteiger partial charge on any atom is -0.489 e. The average Bonchev–Trinajstić information content (AvgIpc) is 2.57. The van der Waals surface area contributed by atoms with Crippen molar-refractivity contribution in [2.45, 2.75) is 12.1 Å². The van der Waals surface area contributed by atoms with Gasteiger partial charge in [0.25, 0.3) is 0 Å². The Kier molecular flexibility index (Phi) is 6.35. The smallest absolute Gasteiger partial charge is 0.479 e. The van der Waals surface area contributed by atoms with Gasteiger partial charge in [0.05, 0.1) is 0 Å². The van der Waals surface area contributed by atoms with Crippen LogP contribution in [0.15, 0.2) is 60.4 Å². The van der Waals surface area contributed by atoms with Crippen LogP contribution < -0.4 is 4.74 Å². The maximum absolute atomic E-state index is 12.1. The molecule has 2 aromatic rings. The van der Waals surface area contributed by atoms with Gasteiger partial charge in [-0.1, -0.05) is 42.5 Å². The fraction of sp³-hybridized carbons (Fsp3) is 0.118. The number of halogens is 3. The fourth-order valence-corrected chi connectivity index (χ4v) is 2.07. The van der Waals surface area contributed by atoms with E-state index in [2.05, 4.69) is 4.18 Å². The van der Waals surface area contributed by atoms with Gasteiger partial charge in [0, 0.05) is 0 Å². The first-order valence-electron chi connectivity index (χ1n) is 6.98. The maximum Gasteiger partial charge on any atom is 0.479 e. The number of hydrogen-bond acceptors (Lipinski definition) is 4. The molecule has 0 unspecified atom stereocenters. The molecule has 25 heavy (non-hydrogen) atoms. The van der Waals surface area contributed by atoms with E-state index in [4.69, 9.17) is 9.84 Å². The van der Waals surface area contributed by atoms with Crippen LogP contribution in [0, 0.1) is 0 Å². The summed E-state index contributed by atoms with van der Waals surface area (Å²) in [7, 11) is 0. The number of carboxylic acids is 1. The highest BCUT2D eigenvalue weighted by Gasteiger charge is 2.32. The van der Waals surface area contributed by atoms with Crippen LogP contribution in [0.4, 0.5) is 13.2 Å². The number of aliphatic carboxylic acids is 1. The van der Waals surface area contributed by atoms with Crippen molar-refractivity contribution < 1.29 is 32.0 Å². The summed E-state index contributed by atoms with van der Waals surface area (Å²) in [5.41, 5.74) is -3.34. The van der Waals surface area contributed by atoms with Crippen molar-refractivity contribution in [3.8, 4) is 5.75 Å². The Morgan fingerprint density at radius 2 is 1.72 bits per heavy atom. The molecule has 0 saturated heterocycles. The summed E-state index contributed by atoms with van der Waals surface area (Å²) in [4.78, 5) is 10.9. The molecule has 1 N–H and O–H groups in total. The number of rotatable bonds is 7. The van der Waals surface area contributed by atoms with Gasteiger partial charge in [-0.15, -0.1) is 0 Å². The molecule has 0 heterocycles. The van der Waals surface area contributed by atoms with E-state index in [1.54, 1.807) is 12.1 Å². The molecule has 0 aliphatic carbocycles. The third kappa shape index (κ3) is 6.80. The first-order valence-corrected chi connectivity index (χ1v) is 7.72. The van der Waals surface area contributed by atoms with Gasteiger partial charge in [-0.2, -0.15) is 13.2 Å². The van der Waals surface area contributed by atoms with E-state index in [9.17, 15) is 18.0 Å². The van der Waals surface area contributed by atoms with E-state index in [-0.39, 0.29) is 0 Å². The molecule has 0 atom stereocenters. The molecular formula is C17H13F3O4S. The second kappa shape index (κ2) is 8.48. The van der Waals surface area contributed by atoms with Crippen LogP contribution in [-0.4, -0.2) is 16.6 Å². The zero-order valence-electron chi connectivity index (χ0n) is 12.7. The lowest BCUT2D eigenvalue weighted by Gasteiger charge is -2.08. The van der Waals surface area contributed by atoms with Crippen LogP contribution in [-0.2, 0) is 15.6 Å². The lowest BCUT2D eigenvalue weighted by Crippen LogP contribution is -2.06. The van der Waals surface area contributed by atoms with Crippen LogP contribution in [0.5, 0.6) is 5.75 Å². The number of carbonyl (C=O) groups is 1. The summed E-state index contributed by atoms with van der Waals surface area (Å²) < 4.78 is 46.1. The van der Waals surface area contributed by atoms with Gasteiger partial charge in [0.2, 0.25) is 5.76 Å². The van der Waals surface area contributed by atoms with Crippen LogP contribution in [0.2, 0.25) is 0 Å². The van der Waals surface area contributed by atoms with Gasteiger partial charge in [-0.3, -0.25) is 0 Å². The summed E-state index contributed by atoms with van der Waals surface area (Å²) in [6, 6.07) is 15.7. The number of hydrogen-bond donors (Lipinski definition) is 1. The largest absolute Gasteiger partial charge is 0.489 e. The lowest BCUT2D eigenvalue weighted by molar-refractivity contribution is -0.134. The van der Waals surface area contributed by atoms with Crippen molar-refractivity contribution in [3.63, 3.8) is 0 Å². The molecule has 0 spiro atoms. The Hall–Kier alpha value is -2.61. The number of benzene rings is 2. The zero-order valence-corrected chi connectivity index (χ0v) is 13.5. The minimum absolute atomic E-state index is 0.363. The Balaban J connectivity index is 2.00. The number of carboxylic acid groups (broad SMARTS) is 1. The predicted molar refractivity (Wildman–Crippen MR) is 87.6 cm³/mol. The summed E-state index contributed by atoms with van der Waals surface area (Å²) in [5.74, 6) is -1.87. The third-order valence-corrected chi connectivity index (χ3v) is 3.31. The maximum atomic E-state index is 12.1. The standard InChI is InChI=1S/C17H13F3O4S/c18-17(19,20)25-24-15(16(21)22)10-12-6-8-14(9-7-12)23-11-13-4-2-1-3-5-13/h1-10H,11H2,(H,21,22)/b15-10-. The van der Waals surface area contributed by atoms with Gasteiger partial charge in [0.1, 0.15) is 12.4 Å². The second-order valence-electron chi connectivity index (χ2n) is 4.77. The first-order chi connectivity index (χ1) is 11.8. The molecule has 8 heteroatoms. The molecule has 0 aromatic heterocycles. The molecule has 0 amide bonds. The highest BCUT2D eigenvalue weighted by atomic mass is 32.2. The summed E-state index contributed by atoms with van der Waals surface area (Å²) in [6.07, 6.45) is 1.00. The zero-order chi connectivity index (χ0) is 18.3. The molecule has 132 valence electrons. The number of alkyl halides is 3. The Morgan fingerprint density at radius 3 is 2.28 bits per heavy atom. The van der Waals surface area contributed by atoms with Crippen molar-refractivity contribution in [2.75, 3.05) is 0 Å². The quantitative estimate of drug-likeness (QED) is 0.428. The monoisotopic (exact) mass is 370 g/mol. The fourth-order valence-electron chi connectivity index (χ4n) is 1.77. The molecule has 2 aromatic carbocycles. The van der Waals surface area contributed by atoms with E-state index in [0.717, 1.165) is 11.6 Å². The van der Waals surface area contributed by atoms with E-state index >= 15 is 0 Å². The van der Waals surface area contributed by atoms with Gasteiger partial charge in [0.15, 0.2) is 12.0 Å². The minimum atomic E-state index is -4.69. The number of ether oxygens (including phenoxy) is 1. The van der Waals surface area contributed by atoms with Crippen molar-refractivity contribution >= 4 is 24.1 Å².